The van der Waals surface area contributed by atoms with Crippen LogP contribution in [0.4, 0.5) is 38.0 Å². The van der Waals surface area contributed by atoms with Crippen molar-refractivity contribution >= 4 is 40.1 Å². The van der Waals surface area contributed by atoms with Gasteiger partial charge in [-0.15, -0.1) is 0 Å². The minimum atomic E-state index is -5.25. The molecule has 0 amide bonds. The van der Waals surface area contributed by atoms with Crippen LogP contribution in [0.2, 0.25) is 5.02 Å². The van der Waals surface area contributed by atoms with Gasteiger partial charge in [-0.25, -0.2) is 9.78 Å². The van der Waals surface area contributed by atoms with Gasteiger partial charge in [0.1, 0.15) is 0 Å². The Hall–Kier alpha value is -4.26. The fourth-order valence-electron chi connectivity index (χ4n) is 4.95. The van der Waals surface area contributed by atoms with Gasteiger partial charge < -0.3 is 15.3 Å². The summed E-state index contributed by atoms with van der Waals surface area (Å²) in [4.78, 5) is 31.0. The van der Waals surface area contributed by atoms with E-state index in [9.17, 15) is 41.0 Å². The molecule has 1 atom stereocenters. The van der Waals surface area contributed by atoms with Crippen LogP contribution in [-0.2, 0) is 13.2 Å². The van der Waals surface area contributed by atoms with Crippen LogP contribution in [0.25, 0.3) is 10.9 Å². The summed E-state index contributed by atoms with van der Waals surface area (Å²) in [5.74, 6) is -1.58. The van der Waals surface area contributed by atoms with E-state index in [4.69, 9.17) is 11.6 Å². The number of nitrogens with one attached hydrogen (secondary N) is 1. The molecule has 1 fully saturated rings. The first-order valence-corrected chi connectivity index (χ1v) is 12.8. The van der Waals surface area contributed by atoms with Crippen molar-refractivity contribution in [3.8, 4) is 0 Å². The maximum absolute atomic E-state index is 14.6. The molecule has 1 saturated heterocycles. The molecule has 0 saturated carbocycles. The van der Waals surface area contributed by atoms with Gasteiger partial charge in [0.15, 0.2) is 6.04 Å². The van der Waals surface area contributed by atoms with Crippen LogP contribution in [0.5, 0.6) is 0 Å². The van der Waals surface area contributed by atoms with E-state index in [0.29, 0.717) is 19.2 Å². The molecule has 14 heteroatoms. The second kappa shape index (κ2) is 10.5. The molecule has 1 aliphatic rings. The van der Waals surface area contributed by atoms with E-state index in [1.54, 1.807) is 4.90 Å². The van der Waals surface area contributed by atoms with Gasteiger partial charge in [0.25, 0.3) is 5.56 Å². The van der Waals surface area contributed by atoms with Crippen LogP contribution < -0.4 is 15.8 Å². The molecule has 220 valence electrons. The van der Waals surface area contributed by atoms with E-state index in [1.165, 1.54) is 7.05 Å². The molecule has 4 aromatic rings. The number of hydrogen-bond acceptors (Lipinski definition) is 5. The Labute approximate surface area is 239 Å². The van der Waals surface area contributed by atoms with Crippen molar-refractivity contribution in [2.24, 2.45) is 7.05 Å². The van der Waals surface area contributed by atoms with Crippen LogP contribution >= 0.6 is 11.6 Å². The molecule has 3 aromatic carbocycles. The monoisotopic (exact) mass is 610 g/mol. The molecule has 0 bridgehead atoms. The van der Waals surface area contributed by atoms with E-state index in [-0.39, 0.29) is 23.0 Å². The first kappa shape index (κ1) is 29.2. The number of rotatable bonds is 6. The normalized spacial score (nSPS) is 15.0. The Kier molecular flexibility index (Phi) is 7.34. The number of benzene rings is 3. The SMILES string of the molecule is Cn1c(N2CC(c3ccccc3)C2)nc2c([C@H](Nc3ccc(Cl)cc3C(=O)O)C(F)(F)F)cc(C(F)(F)F)cc2c1=O. The smallest absolute Gasteiger partial charge is 0.416 e. The Bertz CT molecular complexity index is 1730. The average molecular weight is 611 g/mol. The molecule has 0 spiro atoms. The fraction of sp³-hybridized carbons (Fsp3) is 0.250. The number of alkyl halides is 6. The third kappa shape index (κ3) is 5.48. The summed E-state index contributed by atoms with van der Waals surface area (Å²) in [7, 11) is 1.28. The molecule has 2 N–H and O–H groups in total. The number of carbonyl (C=O) groups is 1. The van der Waals surface area contributed by atoms with Gasteiger partial charge in [-0.2, -0.15) is 26.3 Å². The van der Waals surface area contributed by atoms with E-state index in [0.717, 1.165) is 28.3 Å². The number of aromatic nitrogens is 2. The minimum absolute atomic E-state index is 0.0145. The summed E-state index contributed by atoms with van der Waals surface area (Å²) < 4.78 is 86.4. The Morgan fingerprint density at radius 3 is 2.31 bits per heavy atom. The van der Waals surface area contributed by atoms with Gasteiger partial charge in [0.2, 0.25) is 5.95 Å². The van der Waals surface area contributed by atoms with Crippen molar-refractivity contribution in [1.82, 2.24) is 9.55 Å². The average Bonchev–Trinajstić information content (AvgIpc) is 2.88. The van der Waals surface area contributed by atoms with E-state index < -0.39 is 63.2 Å². The summed E-state index contributed by atoms with van der Waals surface area (Å²) in [6, 6.07) is 10.3. The zero-order valence-corrected chi connectivity index (χ0v) is 22.3. The Balaban J connectivity index is 1.68. The van der Waals surface area contributed by atoms with Crippen molar-refractivity contribution in [2.75, 3.05) is 23.3 Å². The van der Waals surface area contributed by atoms with E-state index in [2.05, 4.69) is 4.98 Å². The highest BCUT2D eigenvalue weighted by molar-refractivity contribution is 6.31. The van der Waals surface area contributed by atoms with Crippen molar-refractivity contribution in [2.45, 2.75) is 24.3 Å². The molecule has 42 heavy (non-hydrogen) atoms. The molecule has 2 heterocycles. The summed E-state index contributed by atoms with van der Waals surface area (Å²) in [5.41, 5.74) is -4.21. The molecule has 7 nitrogen and oxygen atoms in total. The largest absolute Gasteiger partial charge is 0.478 e. The predicted octanol–water partition coefficient (Wildman–Crippen LogP) is 6.62. The molecule has 0 unspecified atom stereocenters. The molecule has 0 radical (unpaired) electrons. The molecule has 5 rings (SSSR count). The van der Waals surface area contributed by atoms with Crippen LogP contribution in [0.3, 0.4) is 0 Å². The molecule has 0 aliphatic carbocycles. The second-order valence-electron chi connectivity index (χ2n) is 9.86. The Morgan fingerprint density at radius 1 is 1.05 bits per heavy atom. The van der Waals surface area contributed by atoms with Crippen molar-refractivity contribution in [3.05, 3.63) is 98.3 Å². The highest BCUT2D eigenvalue weighted by Crippen LogP contribution is 2.42. The predicted molar refractivity (Wildman–Crippen MR) is 144 cm³/mol. The van der Waals surface area contributed by atoms with Gasteiger partial charge in [0, 0.05) is 42.3 Å². The third-order valence-electron chi connectivity index (χ3n) is 7.10. The number of nitrogens with zero attached hydrogens (tertiary/aromatic N) is 3. The number of carboxylic acid groups (broad SMARTS) is 1. The Morgan fingerprint density at radius 2 is 1.71 bits per heavy atom. The lowest BCUT2D eigenvalue weighted by atomic mass is 9.92. The zero-order valence-electron chi connectivity index (χ0n) is 21.6. The molecule has 1 aliphatic heterocycles. The van der Waals surface area contributed by atoms with E-state index in [1.807, 2.05) is 35.6 Å². The van der Waals surface area contributed by atoms with Gasteiger partial charge >= 0.3 is 18.3 Å². The van der Waals surface area contributed by atoms with Crippen LogP contribution in [0.1, 0.15) is 39.0 Å². The van der Waals surface area contributed by atoms with Gasteiger partial charge in [0.05, 0.1) is 22.0 Å². The number of hydrogen-bond donors (Lipinski definition) is 2. The van der Waals surface area contributed by atoms with Gasteiger partial charge in [-0.3, -0.25) is 9.36 Å². The van der Waals surface area contributed by atoms with Crippen LogP contribution in [0.15, 0.2) is 65.5 Å². The van der Waals surface area contributed by atoms with Crippen molar-refractivity contribution in [3.63, 3.8) is 0 Å². The van der Waals surface area contributed by atoms with Gasteiger partial charge in [-0.1, -0.05) is 41.9 Å². The summed E-state index contributed by atoms with van der Waals surface area (Å²) in [5, 5.41) is 10.8. The van der Waals surface area contributed by atoms with Crippen molar-refractivity contribution in [1.29, 1.82) is 0 Å². The van der Waals surface area contributed by atoms with E-state index >= 15 is 0 Å². The first-order valence-electron chi connectivity index (χ1n) is 12.4. The van der Waals surface area contributed by atoms with Crippen molar-refractivity contribution < 1.29 is 36.2 Å². The number of carboxylic acids is 1. The summed E-state index contributed by atoms with van der Waals surface area (Å²) in [6.07, 6.45) is -10.3. The molecular weight excluding hydrogens is 590 g/mol. The zero-order chi connectivity index (χ0) is 30.6. The number of anilines is 2. The van der Waals surface area contributed by atoms with Gasteiger partial charge in [-0.05, 0) is 35.9 Å². The fourth-order valence-corrected chi connectivity index (χ4v) is 5.12. The number of fused-ring (bicyclic) bond motifs is 1. The number of halogens is 7. The first-order chi connectivity index (χ1) is 19.6. The maximum Gasteiger partial charge on any atom is 0.416 e. The number of aromatic carboxylic acids is 1. The lowest BCUT2D eigenvalue weighted by Crippen LogP contribution is -2.47. The molecule has 1 aromatic heterocycles. The topological polar surface area (TPSA) is 87.5 Å². The minimum Gasteiger partial charge on any atom is -0.478 e. The maximum atomic E-state index is 14.6. The lowest BCUT2D eigenvalue weighted by Gasteiger charge is -2.41. The second-order valence-corrected chi connectivity index (χ2v) is 10.3. The highest BCUT2D eigenvalue weighted by atomic mass is 35.5. The summed E-state index contributed by atoms with van der Waals surface area (Å²) >= 11 is 5.81. The molecular formula is C28H21ClF6N4O3. The summed E-state index contributed by atoms with van der Waals surface area (Å²) in [6.45, 7) is 0.749. The standard InChI is InChI=1S/C28H21ClF6N4O3/c1-38-24(40)20-10-16(27(30,31)32)9-19(22(20)37-26(38)39-12-15(13-39)14-5-3-2-4-6-14)23(28(33,34)35)36-21-8-7-17(29)11-18(21)25(41)42/h2-11,15,23,36H,12-13H2,1H3,(H,41,42)/t23-/m0/s1. The highest BCUT2D eigenvalue weighted by Gasteiger charge is 2.44. The lowest BCUT2D eigenvalue weighted by molar-refractivity contribution is -0.145. The third-order valence-corrected chi connectivity index (χ3v) is 7.33. The van der Waals surface area contributed by atoms with Crippen LogP contribution in [0, 0.1) is 0 Å². The quantitative estimate of drug-likeness (QED) is 0.239. The van der Waals surface area contributed by atoms with Crippen LogP contribution in [-0.4, -0.2) is 39.9 Å².